The molecule has 0 bridgehead atoms. The van der Waals surface area contributed by atoms with Gasteiger partial charge in [0.25, 0.3) is 0 Å². The van der Waals surface area contributed by atoms with Gasteiger partial charge in [-0.3, -0.25) is 0 Å². The quantitative estimate of drug-likeness (QED) is 0.562. The zero-order valence-corrected chi connectivity index (χ0v) is 15.7. The number of hydrogen-bond donors (Lipinski definition) is 1. The van der Waals surface area contributed by atoms with E-state index in [9.17, 15) is 21.6 Å². The number of piperidine rings is 1. The summed E-state index contributed by atoms with van der Waals surface area (Å²) in [6.07, 6.45) is 4.30. The second kappa shape index (κ2) is 8.75. The second-order valence-electron chi connectivity index (χ2n) is 6.15. The number of benzene rings is 1. The first kappa shape index (κ1) is 20.5. The van der Waals surface area contributed by atoms with Crippen LogP contribution in [0.25, 0.3) is 0 Å². The summed E-state index contributed by atoms with van der Waals surface area (Å²) in [4.78, 5) is 2.30. The van der Waals surface area contributed by atoms with Gasteiger partial charge in [-0.2, -0.15) is 13.2 Å². The highest BCUT2D eigenvalue weighted by molar-refractivity contribution is 8.00. The van der Waals surface area contributed by atoms with Crippen LogP contribution in [0, 0.1) is 0 Å². The zero-order chi connectivity index (χ0) is 18.5. The van der Waals surface area contributed by atoms with Crippen molar-refractivity contribution in [1.82, 2.24) is 9.62 Å². The second-order valence-corrected chi connectivity index (χ2v) is 9.06. The van der Waals surface area contributed by atoms with Gasteiger partial charge in [0.1, 0.15) is 0 Å². The maximum atomic E-state index is 12.3. The number of thioether (sulfide) groups is 1. The Morgan fingerprint density at radius 1 is 1.24 bits per heavy atom. The van der Waals surface area contributed by atoms with E-state index in [4.69, 9.17) is 0 Å². The van der Waals surface area contributed by atoms with Gasteiger partial charge >= 0.3 is 5.51 Å². The summed E-state index contributed by atoms with van der Waals surface area (Å²) in [5, 5.41) is 0. The number of nitrogens with zero attached hydrogens (tertiary/aromatic N) is 1. The molecule has 0 amide bonds. The zero-order valence-electron chi connectivity index (χ0n) is 14.1. The molecule has 142 valence electrons. The van der Waals surface area contributed by atoms with Crippen LogP contribution in [-0.2, 0) is 10.0 Å². The molecule has 1 N–H and O–H groups in total. The predicted molar refractivity (Wildman–Crippen MR) is 93.0 cm³/mol. The molecule has 1 atom stereocenters. The van der Waals surface area contributed by atoms with Crippen molar-refractivity contribution in [3.05, 3.63) is 24.3 Å². The van der Waals surface area contributed by atoms with Crippen molar-refractivity contribution in [2.75, 3.05) is 19.6 Å². The van der Waals surface area contributed by atoms with Crippen molar-refractivity contribution in [3.8, 4) is 0 Å². The Balaban J connectivity index is 1.82. The van der Waals surface area contributed by atoms with Gasteiger partial charge in [0.2, 0.25) is 10.0 Å². The van der Waals surface area contributed by atoms with Crippen LogP contribution >= 0.6 is 11.8 Å². The summed E-state index contributed by atoms with van der Waals surface area (Å²) >= 11 is -0.263. The molecule has 9 heteroatoms. The van der Waals surface area contributed by atoms with Crippen molar-refractivity contribution < 1.29 is 21.6 Å². The Morgan fingerprint density at radius 3 is 2.52 bits per heavy atom. The monoisotopic (exact) mass is 396 g/mol. The lowest BCUT2D eigenvalue weighted by Crippen LogP contribution is -2.39. The third kappa shape index (κ3) is 6.80. The number of hydrogen-bond acceptors (Lipinski definition) is 4. The average molecular weight is 397 g/mol. The highest BCUT2D eigenvalue weighted by Gasteiger charge is 2.29. The molecule has 1 fully saturated rings. The molecule has 1 aromatic carbocycles. The highest BCUT2D eigenvalue weighted by atomic mass is 32.2. The van der Waals surface area contributed by atoms with Gasteiger partial charge in [0.05, 0.1) is 4.90 Å². The summed E-state index contributed by atoms with van der Waals surface area (Å²) in [5.41, 5.74) is -4.38. The van der Waals surface area contributed by atoms with Gasteiger partial charge < -0.3 is 4.90 Å². The number of alkyl halides is 3. The summed E-state index contributed by atoms with van der Waals surface area (Å²) in [6.45, 7) is 4.38. The van der Waals surface area contributed by atoms with Gasteiger partial charge in [-0.25, -0.2) is 13.1 Å². The third-order valence-corrected chi connectivity index (χ3v) is 6.44. The molecule has 0 saturated carbocycles. The minimum atomic E-state index is -4.38. The van der Waals surface area contributed by atoms with E-state index in [1.54, 1.807) is 0 Å². The lowest BCUT2D eigenvalue weighted by atomic mass is 10.0. The minimum absolute atomic E-state index is 0.0228. The number of sulfonamides is 1. The predicted octanol–water partition coefficient (Wildman–Crippen LogP) is 3.84. The first-order chi connectivity index (χ1) is 11.7. The maximum Gasteiger partial charge on any atom is 0.446 e. The topological polar surface area (TPSA) is 49.4 Å². The van der Waals surface area contributed by atoms with E-state index in [2.05, 4.69) is 16.5 Å². The molecule has 1 unspecified atom stereocenters. The van der Waals surface area contributed by atoms with Crippen molar-refractivity contribution >= 4 is 21.8 Å². The van der Waals surface area contributed by atoms with Crippen molar-refractivity contribution in [2.24, 2.45) is 0 Å². The Bertz CT molecular complexity index is 648. The van der Waals surface area contributed by atoms with E-state index in [-0.39, 0.29) is 21.6 Å². The molecule has 4 nitrogen and oxygen atoms in total. The Morgan fingerprint density at radius 2 is 1.92 bits per heavy atom. The lowest BCUT2D eigenvalue weighted by molar-refractivity contribution is -0.0328. The van der Waals surface area contributed by atoms with Crippen LogP contribution in [0.15, 0.2) is 34.1 Å². The Labute approximate surface area is 151 Å². The molecule has 0 radical (unpaired) electrons. The molecule has 1 heterocycles. The van der Waals surface area contributed by atoms with Crippen molar-refractivity contribution in [3.63, 3.8) is 0 Å². The summed E-state index contributed by atoms with van der Waals surface area (Å²) in [7, 11) is -3.70. The van der Waals surface area contributed by atoms with Gasteiger partial charge in [-0.15, -0.1) is 0 Å². The summed E-state index contributed by atoms with van der Waals surface area (Å²) < 4.78 is 63.8. The first-order valence-corrected chi connectivity index (χ1v) is 10.6. The molecule has 1 aromatic rings. The van der Waals surface area contributed by atoms with Crippen LogP contribution in [0.2, 0.25) is 0 Å². The molecule has 0 spiro atoms. The number of nitrogens with one attached hydrogen (secondary N) is 1. The van der Waals surface area contributed by atoms with E-state index in [1.807, 2.05) is 0 Å². The number of likely N-dealkylation sites (tertiary alicyclic amines) is 1. The third-order valence-electron chi connectivity index (χ3n) is 4.22. The SMILES string of the molecule is CC1CCCCN1CCCNS(=O)(=O)c1ccc(SC(F)(F)F)cc1. The lowest BCUT2D eigenvalue weighted by Gasteiger charge is -2.33. The molecular weight excluding hydrogens is 373 g/mol. The minimum Gasteiger partial charge on any atom is -0.301 e. The highest BCUT2D eigenvalue weighted by Crippen LogP contribution is 2.36. The largest absolute Gasteiger partial charge is 0.446 e. The Kier molecular flexibility index (Phi) is 7.19. The molecule has 1 saturated heterocycles. The fourth-order valence-corrected chi connectivity index (χ4v) is 4.50. The van der Waals surface area contributed by atoms with E-state index in [0.29, 0.717) is 19.0 Å². The number of rotatable bonds is 7. The molecular formula is C16H23F3N2O2S2. The fraction of sp³-hybridized carbons (Fsp3) is 0.625. The molecule has 0 aliphatic carbocycles. The van der Waals surface area contributed by atoms with E-state index < -0.39 is 15.5 Å². The van der Waals surface area contributed by atoms with Crippen LogP contribution in [0.5, 0.6) is 0 Å². The number of halogens is 3. The van der Waals surface area contributed by atoms with Crippen LogP contribution in [-0.4, -0.2) is 44.5 Å². The molecule has 2 rings (SSSR count). The summed E-state index contributed by atoms with van der Waals surface area (Å²) in [5.74, 6) is 0. The van der Waals surface area contributed by atoms with Crippen LogP contribution < -0.4 is 4.72 Å². The van der Waals surface area contributed by atoms with E-state index in [0.717, 1.165) is 13.1 Å². The Hall–Kier alpha value is -0.770. The van der Waals surface area contributed by atoms with E-state index >= 15 is 0 Å². The normalized spacial score (nSPS) is 19.9. The first-order valence-electron chi connectivity index (χ1n) is 8.27. The maximum absolute atomic E-state index is 12.3. The smallest absolute Gasteiger partial charge is 0.301 e. The molecule has 1 aliphatic heterocycles. The van der Waals surface area contributed by atoms with Crippen LogP contribution in [0.4, 0.5) is 13.2 Å². The van der Waals surface area contributed by atoms with Crippen molar-refractivity contribution in [2.45, 2.75) is 53.9 Å². The van der Waals surface area contributed by atoms with Gasteiger partial charge in [-0.05, 0) is 75.3 Å². The fourth-order valence-electron chi connectivity index (χ4n) is 2.88. The van der Waals surface area contributed by atoms with Gasteiger partial charge in [-0.1, -0.05) is 6.42 Å². The van der Waals surface area contributed by atoms with Crippen molar-refractivity contribution in [1.29, 1.82) is 0 Å². The molecule has 0 aromatic heterocycles. The van der Waals surface area contributed by atoms with Gasteiger partial charge in [0, 0.05) is 17.5 Å². The standard InChI is InChI=1S/C16H23F3N2O2S2/c1-13-5-2-3-11-21(13)12-4-10-20-25(22,23)15-8-6-14(7-9-15)24-16(17,18)19/h6-9,13,20H,2-5,10-12H2,1H3. The molecule has 25 heavy (non-hydrogen) atoms. The van der Waals surface area contributed by atoms with Gasteiger partial charge in [0.15, 0.2) is 0 Å². The summed E-state index contributed by atoms with van der Waals surface area (Å²) in [6, 6.07) is 5.26. The average Bonchev–Trinajstić information content (AvgIpc) is 2.52. The van der Waals surface area contributed by atoms with Crippen LogP contribution in [0.3, 0.4) is 0 Å². The van der Waals surface area contributed by atoms with Crippen LogP contribution in [0.1, 0.15) is 32.6 Å². The van der Waals surface area contributed by atoms with E-state index in [1.165, 1.54) is 43.5 Å². The molecule has 1 aliphatic rings.